The summed E-state index contributed by atoms with van der Waals surface area (Å²) in [6.07, 6.45) is 3.33. The number of benzene rings is 1. The third-order valence-electron chi connectivity index (χ3n) is 3.16. The van der Waals surface area contributed by atoms with Crippen LogP contribution in [0.1, 0.15) is 0 Å². The molecule has 0 unspecified atom stereocenters. The predicted octanol–water partition coefficient (Wildman–Crippen LogP) is 3.30. The molecular weight excluding hydrogens is 288 g/mol. The van der Waals surface area contributed by atoms with Gasteiger partial charge in [0.2, 0.25) is 5.28 Å². The van der Waals surface area contributed by atoms with Crippen molar-refractivity contribution in [3.05, 3.63) is 48.1 Å². The Labute approximate surface area is 124 Å². The summed E-state index contributed by atoms with van der Waals surface area (Å²) in [6.45, 7) is 0. The van der Waals surface area contributed by atoms with E-state index in [0.717, 1.165) is 16.6 Å². The Morgan fingerprint density at radius 2 is 2.00 bits per heavy atom. The second-order valence-corrected chi connectivity index (χ2v) is 4.78. The van der Waals surface area contributed by atoms with Crippen molar-refractivity contribution in [1.82, 2.24) is 24.9 Å². The van der Waals surface area contributed by atoms with E-state index in [1.807, 2.05) is 30.3 Å². The molecule has 0 amide bonds. The fourth-order valence-electron chi connectivity index (χ4n) is 2.24. The molecule has 102 valence electrons. The fraction of sp³-hybridized carbons (Fsp3) is 0. The number of imidazole rings is 1. The number of aromatic amines is 1. The lowest BCUT2D eigenvalue weighted by molar-refractivity contribution is 1.20. The van der Waals surface area contributed by atoms with Crippen LogP contribution >= 0.6 is 11.6 Å². The van der Waals surface area contributed by atoms with Gasteiger partial charge in [0.15, 0.2) is 11.5 Å². The van der Waals surface area contributed by atoms with Gasteiger partial charge in [0, 0.05) is 17.3 Å². The number of rotatable bonds is 2. The summed E-state index contributed by atoms with van der Waals surface area (Å²) in [5.41, 5.74) is 3.03. The SMILES string of the molecule is Clc1nc(Nc2cccc3ncccc23)c2[nH]cnc2n1. The molecule has 1 aromatic carbocycles. The molecule has 21 heavy (non-hydrogen) atoms. The van der Waals surface area contributed by atoms with E-state index >= 15 is 0 Å². The van der Waals surface area contributed by atoms with Crippen molar-refractivity contribution in [2.75, 3.05) is 5.32 Å². The second-order valence-electron chi connectivity index (χ2n) is 4.44. The zero-order valence-corrected chi connectivity index (χ0v) is 11.5. The van der Waals surface area contributed by atoms with Crippen LogP contribution < -0.4 is 5.32 Å². The first-order valence-corrected chi connectivity index (χ1v) is 6.66. The summed E-state index contributed by atoms with van der Waals surface area (Å²) in [5.74, 6) is 0.582. The van der Waals surface area contributed by atoms with Gasteiger partial charge in [0.1, 0.15) is 5.52 Å². The molecule has 6 nitrogen and oxygen atoms in total. The van der Waals surface area contributed by atoms with Crippen LogP contribution in [0.15, 0.2) is 42.9 Å². The zero-order valence-electron chi connectivity index (χ0n) is 10.7. The zero-order chi connectivity index (χ0) is 14.2. The van der Waals surface area contributed by atoms with Crippen molar-refractivity contribution in [1.29, 1.82) is 0 Å². The number of hydrogen-bond donors (Lipinski definition) is 2. The third-order valence-corrected chi connectivity index (χ3v) is 3.33. The number of halogens is 1. The largest absolute Gasteiger partial charge is 0.340 e. The summed E-state index contributed by atoms with van der Waals surface area (Å²) < 4.78 is 0. The molecule has 0 saturated heterocycles. The number of anilines is 2. The standard InChI is InChI=1S/C14H9ClN6/c15-14-20-12-11(17-7-18-12)13(21-14)19-10-5-1-4-9-8(10)3-2-6-16-9/h1-7H,(H2,17,18,19,20,21). The minimum atomic E-state index is 0.149. The van der Waals surface area contributed by atoms with Gasteiger partial charge in [0.25, 0.3) is 0 Å². The lowest BCUT2D eigenvalue weighted by Gasteiger charge is -2.09. The number of pyridine rings is 1. The Bertz CT molecular complexity index is 943. The van der Waals surface area contributed by atoms with Crippen LogP contribution in [0.25, 0.3) is 22.1 Å². The van der Waals surface area contributed by atoms with Gasteiger partial charge in [0.05, 0.1) is 11.8 Å². The Morgan fingerprint density at radius 3 is 2.95 bits per heavy atom. The molecule has 2 N–H and O–H groups in total. The Kier molecular flexibility index (Phi) is 2.68. The number of nitrogens with zero attached hydrogens (tertiary/aromatic N) is 4. The van der Waals surface area contributed by atoms with Crippen molar-refractivity contribution in [3.63, 3.8) is 0 Å². The lowest BCUT2D eigenvalue weighted by atomic mass is 10.2. The Hall–Kier alpha value is -2.73. The topological polar surface area (TPSA) is 79.4 Å². The number of aromatic nitrogens is 5. The highest BCUT2D eigenvalue weighted by atomic mass is 35.5. The van der Waals surface area contributed by atoms with Crippen molar-refractivity contribution in [2.24, 2.45) is 0 Å². The molecule has 0 bridgehead atoms. The van der Waals surface area contributed by atoms with Gasteiger partial charge in [-0.3, -0.25) is 4.98 Å². The van der Waals surface area contributed by atoms with E-state index in [-0.39, 0.29) is 5.28 Å². The molecule has 0 radical (unpaired) electrons. The number of nitrogens with one attached hydrogen (secondary N) is 2. The van der Waals surface area contributed by atoms with Crippen LogP contribution in [0, 0.1) is 0 Å². The van der Waals surface area contributed by atoms with E-state index < -0.39 is 0 Å². The Morgan fingerprint density at radius 1 is 1.05 bits per heavy atom. The van der Waals surface area contributed by atoms with Crippen LogP contribution in [-0.2, 0) is 0 Å². The molecule has 0 aliphatic heterocycles. The summed E-state index contributed by atoms with van der Waals surface area (Å²) in [7, 11) is 0. The van der Waals surface area contributed by atoms with Crippen LogP contribution in [0.3, 0.4) is 0 Å². The minimum Gasteiger partial charge on any atom is -0.340 e. The molecule has 3 heterocycles. The van der Waals surface area contributed by atoms with Gasteiger partial charge in [-0.2, -0.15) is 9.97 Å². The van der Waals surface area contributed by atoms with E-state index in [0.29, 0.717) is 17.0 Å². The van der Waals surface area contributed by atoms with E-state index in [9.17, 15) is 0 Å². The van der Waals surface area contributed by atoms with Crippen molar-refractivity contribution < 1.29 is 0 Å². The fourth-order valence-corrected chi connectivity index (χ4v) is 2.40. The van der Waals surface area contributed by atoms with Crippen molar-refractivity contribution in [3.8, 4) is 0 Å². The highest BCUT2D eigenvalue weighted by Crippen LogP contribution is 2.27. The molecule has 4 aromatic rings. The normalized spacial score (nSPS) is 11.1. The Balaban J connectivity index is 1.89. The lowest BCUT2D eigenvalue weighted by Crippen LogP contribution is -1.98. The quantitative estimate of drug-likeness (QED) is 0.555. The van der Waals surface area contributed by atoms with Gasteiger partial charge >= 0.3 is 0 Å². The summed E-state index contributed by atoms with van der Waals surface area (Å²) >= 11 is 5.94. The first kappa shape index (κ1) is 12.0. The molecule has 3 aromatic heterocycles. The van der Waals surface area contributed by atoms with E-state index in [4.69, 9.17) is 11.6 Å². The summed E-state index contributed by atoms with van der Waals surface area (Å²) in [5, 5.41) is 4.42. The monoisotopic (exact) mass is 296 g/mol. The smallest absolute Gasteiger partial charge is 0.226 e. The average Bonchev–Trinajstić information content (AvgIpc) is 2.96. The van der Waals surface area contributed by atoms with Crippen molar-refractivity contribution >= 4 is 45.2 Å². The number of H-pyrrole nitrogens is 1. The highest BCUT2D eigenvalue weighted by molar-refractivity contribution is 6.28. The molecule has 0 saturated carbocycles. The van der Waals surface area contributed by atoms with Gasteiger partial charge in [-0.25, -0.2) is 4.98 Å². The van der Waals surface area contributed by atoms with Gasteiger partial charge in [-0.1, -0.05) is 6.07 Å². The van der Waals surface area contributed by atoms with Crippen LogP contribution in [0.2, 0.25) is 5.28 Å². The van der Waals surface area contributed by atoms with Crippen LogP contribution in [0.4, 0.5) is 11.5 Å². The molecular formula is C14H9ClN6. The van der Waals surface area contributed by atoms with Gasteiger partial charge in [-0.15, -0.1) is 0 Å². The van der Waals surface area contributed by atoms with E-state index in [1.165, 1.54) is 0 Å². The highest BCUT2D eigenvalue weighted by Gasteiger charge is 2.10. The number of hydrogen-bond acceptors (Lipinski definition) is 5. The molecule has 4 rings (SSSR count). The number of fused-ring (bicyclic) bond motifs is 2. The molecule has 0 aliphatic rings. The van der Waals surface area contributed by atoms with E-state index in [1.54, 1.807) is 12.5 Å². The minimum absolute atomic E-state index is 0.149. The first-order valence-electron chi connectivity index (χ1n) is 6.29. The first-order chi connectivity index (χ1) is 10.3. The molecule has 0 aliphatic carbocycles. The molecule has 0 atom stereocenters. The summed E-state index contributed by atoms with van der Waals surface area (Å²) in [6, 6.07) is 9.75. The summed E-state index contributed by atoms with van der Waals surface area (Å²) in [4.78, 5) is 19.7. The maximum absolute atomic E-state index is 5.94. The van der Waals surface area contributed by atoms with Crippen LogP contribution in [0.5, 0.6) is 0 Å². The average molecular weight is 297 g/mol. The maximum atomic E-state index is 5.94. The van der Waals surface area contributed by atoms with E-state index in [2.05, 4.69) is 30.2 Å². The predicted molar refractivity (Wildman–Crippen MR) is 81.7 cm³/mol. The van der Waals surface area contributed by atoms with Crippen molar-refractivity contribution in [2.45, 2.75) is 0 Å². The molecule has 0 fully saturated rings. The van der Waals surface area contributed by atoms with Crippen LogP contribution in [-0.4, -0.2) is 24.9 Å². The van der Waals surface area contributed by atoms with Gasteiger partial charge < -0.3 is 10.3 Å². The second kappa shape index (κ2) is 4.68. The third kappa shape index (κ3) is 2.05. The molecule has 0 spiro atoms. The molecule has 7 heteroatoms. The van der Waals surface area contributed by atoms with Gasteiger partial charge in [-0.05, 0) is 35.9 Å². The maximum Gasteiger partial charge on any atom is 0.226 e.